The van der Waals surface area contributed by atoms with E-state index in [4.69, 9.17) is 4.99 Å². The predicted molar refractivity (Wildman–Crippen MR) is 257 cm³/mol. The number of aliphatic imine (C=N–C) groups is 1. The summed E-state index contributed by atoms with van der Waals surface area (Å²) in [7, 11) is 0. The molecule has 12 rings (SSSR count). The first kappa shape index (κ1) is 36.2. The van der Waals surface area contributed by atoms with Crippen molar-refractivity contribution in [1.82, 2.24) is 9.88 Å². The Balaban J connectivity index is 1.02. The van der Waals surface area contributed by atoms with Gasteiger partial charge in [0.15, 0.2) is 0 Å². The molecule has 2 heterocycles. The molecular weight excluding hydrogens is 739 g/mol. The molecule has 3 aliphatic carbocycles. The van der Waals surface area contributed by atoms with Crippen LogP contribution in [0.5, 0.6) is 0 Å². The normalized spacial score (nSPS) is 21.0. The fourth-order valence-corrected chi connectivity index (χ4v) is 11.0. The third-order valence-corrected chi connectivity index (χ3v) is 14.4. The summed E-state index contributed by atoms with van der Waals surface area (Å²) in [5.74, 6) is 1.53. The van der Waals surface area contributed by atoms with Gasteiger partial charge in [0, 0.05) is 44.9 Å². The van der Waals surface area contributed by atoms with Crippen LogP contribution in [-0.2, 0) is 10.8 Å². The lowest BCUT2D eigenvalue weighted by molar-refractivity contribution is 0.332. The van der Waals surface area contributed by atoms with Crippen LogP contribution in [-0.4, -0.2) is 10.4 Å². The average Bonchev–Trinajstić information content (AvgIpc) is 3.65. The van der Waals surface area contributed by atoms with E-state index in [1.807, 2.05) is 0 Å². The van der Waals surface area contributed by atoms with Crippen molar-refractivity contribution in [3.8, 4) is 5.69 Å². The highest BCUT2D eigenvalue weighted by molar-refractivity contribution is 6.32. The van der Waals surface area contributed by atoms with Crippen LogP contribution in [0.2, 0.25) is 0 Å². The highest BCUT2D eigenvalue weighted by Crippen LogP contribution is 2.50. The summed E-state index contributed by atoms with van der Waals surface area (Å²) in [4.78, 5) is 5.39. The van der Waals surface area contributed by atoms with Gasteiger partial charge in [0.25, 0.3) is 0 Å². The molecule has 3 unspecified atom stereocenters. The van der Waals surface area contributed by atoms with Crippen LogP contribution in [0.4, 0.5) is 0 Å². The van der Waals surface area contributed by atoms with Gasteiger partial charge in [-0.25, -0.2) is 0 Å². The highest BCUT2D eigenvalue weighted by Gasteiger charge is 2.38. The minimum Gasteiger partial charge on any atom is -0.340 e. The summed E-state index contributed by atoms with van der Waals surface area (Å²) in [6, 6.07) is 51.6. The Labute approximate surface area is 358 Å². The molecule has 61 heavy (non-hydrogen) atoms. The van der Waals surface area contributed by atoms with Crippen molar-refractivity contribution in [2.24, 2.45) is 10.9 Å². The van der Waals surface area contributed by atoms with Crippen molar-refractivity contribution in [2.75, 3.05) is 0 Å². The Bertz CT molecular complexity index is 3270. The summed E-state index contributed by atoms with van der Waals surface area (Å²) >= 11 is 0. The van der Waals surface area contributed by atoms with E-state index >= 15 is 0 Å². The summed E-state index contributed by atoms with van der Waals surface area (Å²) in [5, 5.41) is 11.7. The molecule has 0 saturated carbocycles. The molecule has 3 atom stereocenters. The lowest BCUT2D eigenvalue weighted by Crippen LogP contribution is -2.33. The molecule has 0 fully saturated rings. The maximum Gasteiger partial charge on any atom is 0.133 e. The smallest absolute Gasteiger partial charge is 0.133 e. The second-order valence-electron chi connectivity index (χ2n) is 19.0. The zero-order chi connectivity index (χ0) is 41.0. The van der Waals surface area contributed by atoms with E-state index in [2.05, 4.69) is 214 Å². The third-order valence-electron chi connectivity index (χ3n) is 14.4. The number of allylic oxidation sites excluding steroid dienone is 4. The van der Waals surface area contributed by atoms with Crippen molar-refractivity contribution in [3.63, 3.8) is 0 Å². The first-order valence-electron chi connectivity index (χ1n) is 22.0. The standard InChI is InChI=1S/C58H49N3/c1-57(2)30-31-58(3,4)50-34-53-48(33-49(50)57)54-45-20-12-10-18-43(45)44-19-11-13-21-46(44)55(54)61(53)41-28-26-39(27-29-41)56-59-51(38-15-6-5-7-16-38)35-52(60-56)40-25-24-37-23-22-36-14-8-9-17-42(36)47(37)32-40/h5-29,32-35,37,47,51H,30-31H2,1-4H3,(H,59,60). The second kappa shape index (κ2) is 13.4. The van der Waals surface area contributed by atoms with Gasteiger partial charge in [0.2, 0.25) is 0 Å². The van der Waals surface area contributed by atoms with Gasteiger partial charge in [0.1, 0.15) is 5.84 Å². The molecule has 3 heteroatoms. The number of aromatic nitrogens is 1. The molecule has 0 spiro atoms. The van der Waals surface area contributed by atoms with Crippen molar-refractivity contribution in [1.29, 1.82) is 0 Å². The number of hydrogen-bond acceptors (Lipinski definition) is 2. The Morgan fingerprint density at radius 1 is 0.607 bits per heavy atom. The summed E-state index contributed by atoms with van der Waals surface area (Å²) in [6.45, 7) is 9.75. The second-order valence-corrected chi connectivity index (χ2v) is 19.0. The molecule has 3 nitrogen and oxygen atoms in total. The fourth-order valence-electron chi connectivity index (χ4n) is 11.0. The van der Waals surface area contributed by atoms with Crippen LogP contribution < -0.4 is 5.32 Å². The van der Waals surface area contributed by atoms with Gasteiger partial charge in [-0.1, -0.05) is 161 Å². The largest absolute Gasteiger partial charge is 0.340 e. The van der Waals surface area contributed by atoms with Crippen molar-refractivity contribution >= 4 is 55.3 Å². The van der Waals surface area contributed by atoms with Crippen LogP contribution in [0.15, 0.2) is 186 Å². The molecule has 7 aromatic carbocycles. The number of amidine groups is 1. The van der Waals surface area contributed by atoms with Crippen LogP contribution in [0.1, 0.15) is 85.9 Å². The number of nitrogens with zero attached hydrogens (tertiary/aromatic N) is 2. The van der Waals surface area contributed by atoms with E-state index in [9.17, 15) is 0 Å². The van der Waals surface area contributed by atoms with Gasteiger partial charge < -0.3 is 9.88 Å². The van der Waals surface area contributed by atoms with Crippen molar-refractivity contribution < 1.29 is 0 Å². The van der Waals surface area contributed by atoms with Gasteiger partial charge in [-0.15, -0.1) is 0 Å². The van der Waals surface area contributed by atoms with Crippen LogP contribution in [0.25, 0.3) is 55.1 Å². The molecule has 4 aliphatic rings. The van der Waals surface area contributed by atoms with E-state index in [0.717, 1.165) is 22.8 Å². The summed E-state index contributed by atoms with van der Waals surface area (Å²) in [5.41, 5.74) is 14.1. The molecule has 1 aromatic heterocycles. The topological polar surface area (TPSA) is 29.3 Å². The SMILES string of the molecule is CC1(C)CCC(C)(C)c2cc3c(cc21)c1c2ccccc2c2ccccc2c1n3-c1ccc(C2=NC(c3ccccc3)C=C(C3=CC4c5ccccc5C=CC4C=C3)N2)cc1. The highest BCUT2D eigenvalue weighted by atomic mass is 15.0. The Morgan fingerprint density at radius 3 is 2.02 bits per heavy atom. The monoisotopic (exact) mass is 787 g/mol. The molecule has 0 bridgehead atoms. The molecule has 0 radical (unpaired) electrons. The lowest BCUT2D eigenvalue weighted by Gasteiger charge is -2.42. The van der Waals surface area contributed by atoms with Crippen LogP contribution in [0, 0.1) is 5.92 Å². The quantitative estimate of drug-likeness (QED) is 0.177. The van der Waals surface area contributed by atoms with Crippen molar-refractivity contribution in [2.45, 2.75) is 63.3 Å². The van der Waals surface area contributed by atoms with Crippen LogP contribution >= 0.6 is 0 Å². The Morgan fingerprint density at radius 2 is 1.25 bits per heavy atom. The van der Waals surface area contributed by atoms with E-state index in [1.54, 1.807) is 0 Å². The van der Waals surface area contributed by atoms with Crippen LogP contribution in [0.3, 0.4) is 0 Å². The first-order chi connectivity index (χ1) is 29.7. The van der Waals surface area contributed by atoms with E-state index in [0.29, 0.717) is 11.8 Å². The molecule has 0 amide bonds. The van der Waals surface area contributed by atoms with Gasteiger partial charge in [-0.3, -0.25) is 4.99 Å². The summed E-state index contributed by atoms with van der Waals surface area (Å²) < 4.78 is 2.56. The number of benzene rings is 7. The maximum absolute atomic E-state index is 5.39. The summed E-state index contributed by atoms with van der Waals surface area (Å²) in [6.07, 6.45) is 16.4. The molecule has 1 aliphatic heterocycles. The third kappa shape index (κ3) is 5.67. The Kier molecular flexibility index (Phi) is 7.94. The number of nitrogens with one attached hydrogen (secondary N) is 1. The first-order valence-corrected chi connectivity index (χ1v) is 22.0. The molecule has 296 valence electrons. The van der Waals surface area contributed by atoms with Gasteiger partial charge in [-0.05, 0) is 116 Å². The molecule has 8 aromatic rings. The maximum atomic E-state index is 5.39. The minimum atomic E-state index is -0.117. The number of hydrogen-bond donors (Lipinski definition) is 1. The predicted octanol–water partition coefficient (Wildman–Crippen LogP) is 14.3. The van der Waals surface area contributed by atoms with E-state index in [1.165, 1.54) is 89.6 Å². The zero-order valence-corrected chi connectivity index (χ0v) is 35.3. The lowest BCUT2D eigenvalue weighted by atomic mass is 9.63. The van der Waals surface area contributed by atoms with Crippen molar-refractivity contribution in [3.05, 3.63) is 215 Å². The van der Waals surface area contributed by atoms with E-state index < -0.39 is 0 Å². The fraction of sp³-hybridized carbons (Fsp3) is 0.190. The number of fused-ring (bicyclic) bond motifs is 12. The average molecular weight is 788 g/mol. The Hall–Kier alpha value is -6.71. The van der Waals surface area contributed by atoms with Gasteiger partial charge >= 0.3 is 0 Å². The van der Waals surface area contributed by atoms with Gasteiger partial charge in [0.05, 0.1) is 17.1 Å². The molecular formula is C58H49N3. The number of rotatable bonds is 4. The van der Waals surface area contributed by atoms with E-state index in [-0.39, 0.29) is 16.9 Å². The zero-order valence-electron chi connectivity index (χ0n) is 35.3. The van der Waals surface area contributed by atoms with Gasteiger partial charge in [-0.2, -0.15) is 0 Å². The molecule has 0 saturated heterocycles. The minimum absolute atomic E-state index is 0.0839. The molecule has 1 N–H and O–H groups in total.